The highest BCUT2D eigenvalue weighted by atomic mass is 35.5. The van der Waals surface area contributed by atoms with Gasteiger partial charge in [-0.2, -0.15) is 13.2 Å². The highest BCUT2D eigenvalue weighted by Gasteiger charge is 2.31. The molecule has 21 heavy (non-hydrogen) atoms. The molecule has 6 heteroatoms. The lowest BCUT2D eigenvalue weighted by molar-refractivity contribution is -0.137. The van der Waals surface area contributed by atoms with Gasteiger partial charge in [0.2, 0.25) is 0 Å². The van der Waals surface area contributed by atoms with Crippen molar-refractivity contribution >= 4 is 11.6 Å². The number of nitrogens with two attached hydrogens (primary N) is 2. The summed E-state index contributed by atoms with van der Waals surface area (Å²) in [7, 11) is 0. The van der Waals surface area contributed by atoms with Crippen molar-refractivity contribution < 1.29 is 13.2 Å². The molecule has 0 aliphatic carbocycles. The van der Waals surface area contributed by atoms with Crippen LogP contribution in [0.25, 0.3) is 0 Å². The van der Waals surface area contributed by atoms with Crippen LogP contribution in [0.1, 0.15) is 28.8 Å². The van der Waals surface area contributed by atoms with E-state index in [9.17, 15) is 13.2 Å². The molecule has 0 saturated heterocycles. The lowest BCUT2D eigenvalue weighted by Crippen LogP contribution is -2.26. The molecule has 2 atom stereocenters. The van der Waals surface area contributed by atoms with Crippen molar-refractivity contribution in [2.24, 2.45) is 11.5 Å². The number of rotatable bonds is 3. The van der Waals surface area contributed by atoms with E-state index in [1.165, 1.54) is 12.1 Å². The van der Waals surface area contributed by atoms with E-state index < -0.39 is 23.8 Å². The molecule has 2 nitrogen and oxygen atoms in total. The minimum atomic E-state index is -4.40. The lowest BCUT2D eigenvalue weighted by Gasteiger charge is -2.21. The molecule has 0 radical (unpaired) electrons. The number of halogens is 4. The zero-order valence-electron chi connectivity index (χ0n) is 10.9. The van der Waals surface area contributed by atoms with E-state index in [0.717, 1.165) is 12.1 Å². The first kappa shape index (κ1) is 15.8. The Bertz CT molecular complexity index is 611. The fraction of sp³-hybridized carbons (Fsp3) is 0.200. The fourth-order valence-electron chi connectivity index (χ4n) is 2.02. The third-order valence-electron chi connectivity index (χ3n) is 3.24. The first-order valence-corrected chi connectivity index (χ1v) is 6.60. The van der Waals surface area contributed by atoms with E-state index in [2.05, 4.69) is 0 Å². The summed E-state index contributed by atoms with van der Waals surface area (Å²) in [4.78, 5) is 0. The molecule has 2 unspecified atom stereocenters. The average molecular weight is 315 g/mol. The van der Waals surface area contributed by atoms with Crippen LogP contribution < -0.4 is 11.5 Å². The van der Waals surface area contributed by atoms with E-state index in [0.29, 0.717) is 16.1 Å². The van der Waals surface area contributed by atoms with Crippen LogP contribution in [0, 0.1) is 0 Å². The van der Waals surface area contributed by atoms with Crippen LogP contribution in [0.2, 0.25) is 5.02 Å². The van der Waals surface area contributed by atoms with Crippen LogP contribution in [0.3, 0.4) is 0 Å². The van der Waals surface area contributed by atoms with E-state index in [1.54, 1.807) is 24.3 Å². The molecular weight excluding hydrogens is 301 g/mol. The molecule has 2 aromatic rings. The summed E-state index contributed by atoms with van der Waals surface area (Å²) in [6, 6.07) is 10.3. The second-order valence-corrected chi connectivity index (χ2v) is 5.16. The van der Waals surface area contributed by atoms with Crippen molar-refractivity contribution in [1.29, 1.82) is 0 Å². The summed E-state index contributed by atoms with van der Waals surface area (Å²) in [5, 5.41) is 0.554. The van der Waals surface area contributed by atoms with Gasteiger partial charge in [-0.25, -0.2) is 0 Å². The third-order valence-corrected chi connectivity index (χ3v) is 3.49. The normalized spacial score (nSPS) is 14.8. The van der Waals surface area contributed by atoms with Crippen LogP contribution in [0.4, 0.5) is 13.2 Å². The smallest absolute Gasteiger partial charge is 0.322 e. The van der Waals surface area contributed by atoms with Gasteiger partial charge in [0.05, 0.1) is 5.56 Å². The van der Waals surface area contributed by atoms with Crippen molar-refractivity contribution in [3.05, 3.63) is 70.2 Å². The highest BCUT2D eigenvalue weighted by molar-refractivity contribution is 6.30. The molecule has 0 fully saturated rings. The number of hydrogen-bond acceptors (Lipinski definition) is 2. The van der Waals surface area contributed by atoms with Crippen molar-refractivity contribution in [2.75, 3.05) is 0 Å². The summed E-state index contributed by atoms with van der Waals surface area (Å²) in [5.41, 5.74) is 12.3. The molecule has 112 valence electrons. The molecule has 0 aromatic heterocycles. The Kier molecular flexibility index (Phi) is 4.56. The Morgan fingerprint density at radius 1 is 0.857 bits per heavy atom. The van der Waals surface area contributed by atoms with Crippen LogP contribution in [0.15, 0.2) is 48.5 Å². The predicted octanol–water partition coefficient (Wildman–Crippen LogP) is 4.06. The summed E-state index contributed by atoms with van der Waals surface area (Å²) in [6.07, 6.45) is -4.40. The molecule has 0 aliphatic heterocycles. The molecule has 0 aliphatic rings. The van der Waals surface area contributed by atoms with Gasteiger partial charge in [-0.15, -0.1) is 0 Å². The summed E-state index contributed by atoms with van der Waals surface area (Å²) < 4.78 is 38.1. The summed E-state index contributed by atoms with van der Waals surface area (Å²) in [6.45, 7) is 0. The Hall–Kier alpha value is -1.56. The van der Waals surface area contributed by atoms with Crippen LogP contribution in [0.5, 0.6) is 0 Å². The molecule has 0 bridgehead atoms. The molecule has 2 rings (SSSR count). The summed E-state index contributed by atoms with van der Waals surface area (Å²) in [5.74, 6) is 0. The van der Waals surface area contributed by atoms with Crippen LogP contribution >= 0.6 is 11.6 Å². The SMILES string of the molecule is NC(c1ccc(Cl)cc1)C(N)c1cccc(C(F)(F)F)c1. The number of alkyl halides is 3. The average Bonchev–Trinajstić information content (AvgIpc) is 2.46. The number of hydrogen-bond donors (Lipinski definition) is 2. The predicted molar refractivity (Wildman–Crippen MR) is 76.8 cm³/mol. The van der Waals surface area contributed by atoms with E-state index in [1.807, 2.05) is 0 Å². The molecule has 0 spiro atoms. The highest BCUT2D eigenvalue weighted by Crippen LogP contribution is 2.32. The zero-order valence-corrected chi connectivity index (χ0v) is 11.7. The van der Waals surface area contributed by atoms with Crippen molar-refractivity contribution in [2.45, 2.75) is 18.3 Å². The largest absolute Gasteiger partial charge is 0.416 e. The Morgan fingerprint density at radius 2 is 1.43 bits per heavy atom. The lowest BCUT2D eigenvalue weighted by atomic mass is 9.94. The van der Waals surface area contributed by atoms with Gasteiger partial charge in [0.15, 0.2) is 0 Å². The monoisotopic (exact) mass is 314 g/mol. The van der Waals surface area contributed by atoms with Crippen molar-refractivity contribution in [3.63, 3.8) is 0 Å². The molecule has 4 N–H and O–H groups in total. The van der Waals surface area contributed by atoms with Crippen LogP contribution in [-0.4, -0.2) is 0 Å². The minimum Gasteiger partial charge on any atom is -0.322 e. The first-order valence-electron chi connectivity index (χ1n) is 6.23. The van der Waals surface area contributed by atoms with E-state index >= 15 is 0 Å². The fourth-order valence-corrected chi connectivity index (χ4v) is 2.15. The van der Waals surface area contributed by atoms with Crippen LogP contribution in [-0.2, 0) is 6.18 Å². The van der Waals surface area contributed by atoms with E-state index in [-0.39, 0.29) is 0 Å². The summed E-state index contributed by atoms with van der Waals surface area (Å²) >= 11 is 5.79. The van der Waals surface area contributed by atoms with Gasteiger partial charge in [0.1, 0.15) is 0 Å². The molecule has 0 amide bonds. The quantitative estimate of drug-likeness (QED) is 0.897. The third kappa shape index (κ3) is 3.75. The topological polar surface area (TPSA) is 52.0 Å². The molecular formula is C15H14ClF3N2. The number of benzene rings is 2. The van der Waals surface area contributed by atoms with Crippen molar-refractivity contribution in [1.82, 2.24) is 0 Å². The minimum absolute atomic E-state index is 0.340. The van der Waals surface area contributed by atoms with E-state index in [4.69, 9.17) is 23.1 Å². The van der Waals surface area contributed by atoms with Crippen molar-refractivity contribution in [3.8, 4) is 0 Å². The van der Waals surface area contributed by atoms with Gasteiger partial charge in [-0.3, -0.25) is 0 Å². The molecule has 0 saturated carbocycles. The molecule has 0 heterocycles. The Labute approximate surface area is 125 Å². The zero-order chi connectivity index (χ0) is 15.6. The Balaban J connectivity index is 2.27. The maximum absolute atomic E-state index is 12.7. The van der Waals surface area contributed by atoms with Gasteiger partial charge in [0.25, 0.3) is 0 Å². The Morgan fingerprint density at radius 3 is 2.00 bits per heavy atom. The second-order valence-electron chi connectivity index (χ2n) is 4.73. The maximum Gasteiger partial charge on any atom is 0.416 e. The molecule has 2 aromatic carbocycles. The van der Waals surface area contributed by atoms with Gasteiger partial charge in [-0.1, -0.05) is 35.9 Å². The standard InChI is InChI=1S/C15H14ClF3N2/c16-12-6-4-9(5-7-12)13(20)14(21)10-2-1-3-11(8-10)15(17,18)19/h1-8,13-14H,20-21H2. The maximum atomic E-state index is 12.7. The van der Waals surface area contributed by atoms with Gasteiger partial charge in [0, 0.05) is 17.1 Å². The first-order chi connectivity index (χ1) is 9.79. The van der Waals surface area contributed by atoms with Gasteiger partial charge < -0.3 is 11.5 Å². The second kappa shape index (κ2) is 6.05. The van der Waals surface area contributed by atoms with Gasteiger partial charge >= 0.3 is 6.18 Å². The van der Waals surface area contributed by atoms with Gasteiger partial charge in [-0.05, 0) is 35.4 Å².